The first-order valence-corrected chi connectivity index (χ1v) is 6.61. The molecule has 1 aromatic heterocycles. The van der Waals surface area contributed by atoms with Gasteiger partial charge in [-0.05, 0) is 34.1 Å². The molecule has 2 rings (SSSR count). The van der Waals surface area contributed by atoms with Gasteiger partial charge in [0.15, 0.2) is 0 Å². The van der Waals surface area contributed by atoms with E-state index < -0.39 is 0 Å². The van der Waals surface area contributed by atoms with Gasteiger partial charge in [0.25, 0.3) is 5.91 Å². The van der Waals surface area contributed by atoms with Gasteiger partial charge in [0.1, 0.15) is 11.4 Å². The van der Waals surface area contributed by atoms with Crippen LogP contribution in [0.3, 0.4) is 0 Å². The molecular formula is C11H10Br2N4O. The molecule has 0 atom stereocenters. The second kappa shape index (κ2) is 5.11. The van der Waals surface area contributed by atoms with Crippen molar-refractivity contribution in [3.63, 3.8) is 0 Å². The maximum atomic E-state index is 12.0. The molecule has 1 aromatic carbocycles. The third kappa shape index (κ3) is 2.56. The molecule has 2 aromatic rings. The highest BCUT2D eigenvalue weighted by Crippen LogP contribution is 2.27. The van der Waals surface area contributed by atoms with Crippen molar-refractivity contribution >= 4 is 49.3 Å². The lowest BCUT2D eigenvalue weighted by molar-refractivity contribution is 0.102. The standard InChI is InChI=1S/C11H10Br2N4O/c1-17-10(14)7(5-15-17)11(18)16-9-4-6(12)2-3-8(9)13/h2-5H,14H2,1H3,(H,16,18). The summed E-state index contributed by atoms with van der Waals surface area (Å²) in [6.07, 6.45) is 1.44. The van der Waals surface area contributed by atoms with Gasteiger partial charge in [-0.15, -0.1) is 0 Å². The Bertz CT molecular complexity index is 609. The number of carbonyl (C=O) groups excluding carboxylic acids is 1. The first-order valence-electron chi connectivity index (χ1n) is 5.03. The fourth-order valence-electron chi connectivity index (χ4n) is 1.40. The van der Waals surface area contributed by atoms with Crippen molar-refractivity contribution in [1.82, 2.24) is 9.78 Å². The van der Waals surface area contributed by atoms with Gasteiger partial charge in [-0.2, -0.15) is 5.10 Å². The smallest absolute Gasteiger partial charge is 0.261 e. The van der Waals surface area contributed by atoms with Gasteiger partial charge in [0, 0.05) is 16.0 Å². The topological polar surface area (TPSA) is 72.9 Å². The normalized spacial score (nSPS) is 10.4. The van der Waals surface area contributed by atoms with Gasteiger partial charge in [-0.3, -0.25) is 9.48 Å². The number of nitrogens with one attached hydrogen (secondary N) is 1. The molecule has 0 fully saturated rings. The van der Waals surface area contributed by atoms with Gasteiger partial charge in [0.2, 0.25) is 0 Å². The Hall–Kier alpha value is -1.34. The molecule has 0 spiro atoms. The highest BCUT2D eigenvalue weighted by atomic mass is 79.9. The molecule has 0 saturated heterocycles. The van der Waals surface area contributed by atoms with Gasteiger partial charge in [0.05, 0.1) is 11.9 Å². The van der Waals surface area contributed by atoms with Crippen molar-refractivity contribution in [1.29, 1.82) is 0 Å². The molecule has 1 heterocycles. The SMILES string of the molecule is Cn1ncc(C(=O)Nc2cc(Br)ccc2Br)c1N. The van der Waals surface area contributed by atoms with Crippen LogP contribution in [0.25, 0.3) is 0 Å². The maximum Gasteiger partial charge on any atom is 0.261 e. The highest BCUT2D eigenvalue weighted by molar-refractivity contribution is 9.11. The van der Waals surface area contributed by atoms with Crippen molar-refractivity contribution in [3.8, 4) is 0 Å². The summed E-state index contributed by atoms with van der Waals surface area (Å²) in [5, 5.41) is 6.70. The summed E-state index contributed by atoms with van der Waals surface area (Å²) >= 11 is 6.72. The van der Waals surface area contributed by atoms with E-state index >= 15 is 0 Å². The number of benzene rings is 1. The van der Waals surface area contributed by atoms with E-state index in [1.807, 2.05) is 12.1 Å². The van der Waals surface area contributed by atoms with Crippen LogP contribution in [0, 0.1) is 0 Å². The number of aryl methyl sites for hydroxylation is 1. The monoisotopic (exact) mass is 372 g/mol. The number of carbonyl (C=O) groups is 1. The Balaban J connectivity index is 2.27. The number of hydrogen-bond acceptors (Lipinski definition) is 3. The van der Waals surface area contributed by atoms with Crippen molar-refractivity contribution in [2.45, 2.75) is 0 Å². The minimum atomic E-state index is -0.292. The largest absolute Gasteiger partial charge is 0.383 e. The van der Waals surface area contributed by atoms with Crippen LogP contribution < -0.4 is 11.1 Å². The Labute approximate surface area is 121 Å². The molecule has 94 valence electrons. The summed E-state index contributed by atoms with van der Waals surface area (Å²) < 4.78 is 3.12. The third-order valence-electron chi connectivity index (χ3n) is 2.41. The number of halogens is 2. The van der Waals surface area contributed by atoms with Crippen molar-refractivity contribution in [2.75, 3.05) is 11.1 Å². The van der Waals surface area contributed by atoms with E-state index in [-0.39, 0.29) is 5.91 Å². The Kier molecular flexibility index (Phi) is 3.72. The summed E-state index contributed by atoms with van der Waals surface area (Å²) in [7, 11) is 1.68. The predicted molar refractivity (Wildman–Crippen MR) is 77.4 cm³/mol. The number of nitrogens with two attached hydrogens (primary N) is 1. The zero-order chi connectivity index (χ0) is 13.3. The summed E-state index contributed by atoms with van der Waals surface area (Å²) in [5.74, 6) is 0.0398. The molecule has 3 N–H and O–H groups in total. The Morgan fingerprint density at radius 3 is 2.78 bits per heavy atom. The van der Waals surface area contributed by atoms with Crippen LogP contribution >= 0.6 is 31.9 Å². The van der Waals surface area contributed by atoms with Gasteiger partial charge in [-0.25, -0.2) is 0 Å². The fourth-order valence-corrected chi connectivity index (χ4v) is 2.11. The minimum Gasteiger partial charge on any atom is -0.383 e. The van der Waals surface area contributed by atoms with E-state index in [1.54, 1.807) is 13.1 Å². The van der Waals surface area contributed by atoms with E-state index in [4.69, 9.17) is 5.73 Å². The van der Waals surface area contributed by atoms with E-state index in [0.29, 0.717) is 17.1 Å². The second-order valence-electron chi connectivity index (χ2n) is 3.65. The Morgan fingerprint density at radius 1 is 1.44 bits per heavy atom. The number of amides is 1. The molecule has 0 unspecified atom stereocenters. The molecular weight excluding hydrogens is 364 g/mol. The second-order valence-corrected chi connectivity index (χ2v) is 5.42. The summed E-state index contributed by atoms with van der Waals surface area (Å²) in [6.45, 7) is 0. The number of hydrogen-bond donors (Lipinski definition) is 2. The number of nitrogens with zero attached hydrogens (tertiary/aromatic N) is 2. The van der Waals surface area contributed by atoms with Crippen LogP contribution in [-0.4, -0.2) is 15.7 Å². The number of anilines is 2. The summed E-state index contributed by atoms with van der Waals surface area (Å²) in [6, 6.07) is 5.51. The van der Waals surface area contributed by atoms with Crippen LogP contribution in [-0.2, 0) is 7.05 Å². The van der Waals surface area contributed by atoms with Crippen molar-refractivity contribution < 1.29 is 4.79 Å². The number of nitrogen functional groups attached to an aromatic ring is 1. The minimum absolute atomic E-state index is 0.292. The molecule has 0 aliphatic heterocycles. The quantitative estimate of drug-likeness (QED) is 0.849. The molecule has 5 nitrogen and oxygen atoms in total. The molecule has 0 saturated carbocycles. The molecule has 0 radical (unpaired) electrons. The average Bonchev–Trinajstić information content (AvgIpc) is 2.65. The molecule has 0 aliphatic carbocycles. The Morgan fingerprint density at radius 2 is 2.17 bits per heavy atom. The lowest BCUT2D eigenvalue weighted by atomic mass is 10.2. The van der Waals surface area contributed by atoms with Crippen LogP contribution in [0.2, 0.25) is 0 Å². The van der Waals surface area contributed by atoms with Gasteiger partial charge >= 0.3 is 0 Å². The first-order chi connectivity index (χ1) is 8.49. The number of rotatable bonds is 2. The molecule has 0 bridgehead atoms. The van der Waals surface area contributed by atoms with Crippen molar-refractivity contribution in [3.05, 3.63) is 38.9 Å². The van der Waals surface area contributed by atoms with Gasteiger partial charge < -0.3 is 11.1 Å². The van der Waals surface area contributed by atoms with Crippen LogP contribution in [0.5, 0.6) is 0 Å². The molecule has 18 heavy (non-hydrogen) atoms. The summed E-state index contributed by atoms with van der Waals surface area (Å²) in [4.78, 5) is 12.0. The first kappa shape index (κ1) is 13.1. The highest BCUT2D eigenvalue weighted by Gasteiger charge is 2.14. The number of aromatic nitrogens is 2. The maximum absolute atomic E-state index is 12.0. The lowest BCUT2D eigenvalue weighted by Gasteiger charge is -2.07. The molecule has 0 aliphatic rings. The zero-order valence-electron chi connectivity index (χ0n) is 9.45. The van der Waals surface area contributed by atoms with Crippen LogP contribution in [0.1, 0.15) is 10.4 Å². The van der Waals surface area contributed by atoms with Crippen molar-refractivity contribution in [2.24, 2.45) is 7.05 Å². The fraction of sp³-hybridized carbons (Fsp3) is 0.0909. The third-order valence-corrected chi connectivity index (χ3v) is 3.59. The molecule has 1 amide bonds. The van der Waals surface area contributed by atoms with Crippen LogP contribution in [0.15, 0.2) is 33.3 Å². The summed E-state index contributed by atoms with van der Waals surface area (Å²) in [5.41, 5.74) is 6.76. The van der Waals surface area contributed by atoms with E-state index in [1.165, 1.54) is 10.9 Å². The average molecular weight is 374 g/mol. The van der Waals surface area contributed by atoms with Gasteiger partial charge in [-0.1, -0.05) is 15.9 Å². The van der Waals surface area contributed by atoms with E-state index in [9.17, 15) is 4.79 Å². The van der Waals surface area contributed by atoms with E-state index in [2.05, 4.69) is 42.3 Å². The van der Waals surface area contributed by atoms with Crippen LogP contribution in [0.4, 0.5) is 11.5 Å². The lowest BCUT2D eigenvalue weighted by Crippen LogP contribution is -2.14. The zero-order valence-corrected chi connectivity index (χ0v) is 12.6. The predicted octanol–water partition coefficient (Wildman–Crippen LogP) is 2.78. The van der Waals surface area contributed by atoms with E-state index in [0.717, 1.165) is 8.95 Å². The molecule has 7 heteroatoms.